The first-order chi connectivity index (χ1) is 9.06. The molecule has 0 aromatic heterocycles. The number of aromatic carboxylic acids is 1. The lowest BCUT2D eigenvalue weighted by atomic mass is 10.2. The van der Waals surface area contributed by atoms with Gasteiger partial charge < -0.3 is 10.2 Å². The molecule has 3 N–H and O–H groups in total. The normalized spacial score (nSPS) is 12.8. The third-order valence-electron chi connectivity index (χ3n) is 2.35. The summed E-state index contributed by atoms with van der Waals surface area (Å²) in [4.78, 5) is 21.2. The molecule has 0 saturated carbocycles. The van der Waals surface area contributed by atoms with Crippen molar-refractivity contribution in [2.75, 3.05) is 4.72 Å². The summed E-state index contributed by atoms with van der Waals surface area (Å²) in [6.07, 6.45) is 0. The first-order valence-electron chi connectivity index (χ1n) is 5.03. The lowest BCUT2D eigenvalue weighted by Gasteiger charge is -2.12. The molecule has 1 aromatic rings. The van der Waals surface area contributed by atoms with Crippen molar-refractivity contribution in [2.24, 2.45) is 0 Å². The third-order valence-corrected chi connectivity index (χ3v) is 3.99. The first kappa shape index (κ1) is 15.8. The SMILES string of the molecule is CC(C(=O)O)S(=O)(=O)Nc1cc(C(=O)O)c(F)cc1F. The molecule has 1 rings (SSSR count). The predicted molar refractivity (Wildman–Crippen MR) is 63.0 cm³/mol. The minimum absolute atomic E-state index is 0.187. The van der Waals surface area contributed by atoms with E-state index < -0.39 is 50.1 Å². The fourth-order valence-corrected chi connectivity index (χ4v) is 2.07. The highest BCUT2D eigenvalue weighted by Crippen LogP contribution is 2.21. The number of halogens is 2. The van der Waals surface area contributed by atoms with E-state index in [4.69, 9.17) is 10.2 Å². The number of nitrogens with one attached hydrogen (secondary N) is 1. The molecule has 7 nitrogen and oxygen atoms in total. The Morgan fingerprint density at radius 3 is 2.20 bits per heavy atom. The van der Waals surface area contributed by atoms with E-state index in [0.717, 1.165) is 6.92 Å². The van der Waals surface area contributed by atoms with Gasteiger partial charge >= 0.3 is 11.9 Å². The molecule has 0 heterocycles. The van der Waals surface area contributed by atoms with E-state index in [0.29, 0.717) is 6.07 Å². The molecule has 1 unspecified atom stereocenters. The number of sulfonamides is 1. The van der Waals surface area contributed by atoms with Crippen molar-refractivity contribution >= 4 is 27.6 Å². The molecular weight excluding hydrogens is 300 g/mol. The number of carbonyl (C=O) groups is 2. The zero-order valence-electron chi connectivity index (χ0n) is 9.92. The number of hydrogen-bond donors (Lipinski definition) is 3. The summed E-state index contributed by atoms with van der Waals surface area (Å²) in [5, 5.41) is 15.3. The van der Waals surface area contributed by atoms with E-state index in [9.17, 15) is 26.8 Å². The van der Waals surface area contributed by atoms with E-state index in [1.807, 2.05) is 0 Å². The van der Waals surface area contributed by atoms with Gasteiger partial charge in [0.25, 0.3) is 0 Å². The second-order valence-electron chi connectivity index (χ2n) is 3.74. The Bertz CT molecular complexity index is 673. The standard InChI is InChI=1S/C10H9F2NO6S/c1-4(9(14)15)20(18,19)13-8-2-5(10(16)17)6(11)3-7(8)12/h2-4,13H,1H3,(H,14,15)(H,16,17). The van der Waals surface area contributed by atoms with Crippen LogP contribution < -0.4 is 4.72 Å². The molecule has 0 aliphatic rings. The van der Waals surface area contributed by atoms with Gasteiger partial charge in [-0.2, -0.15) is 0 Å². The number of aliphatic carboxylic acids is 1. The van der Waals surface area contributed by atoms with E-state index in [1.54, 1.807) is 4.72 Å². The minimum Gasteiger partial charge on any atom is -0.480 e. The van der Waals surface area contributed by atoms with E-state index in [2.05, 4.69) is 0 Å². The van der Waals surface area contributed by atoms with Gasteiger partial charge in [0, 0.05) is 6.07 Å². The first-order valence-corrected chi connectivity index (χ1v) is 6.57. The number of hydrogen-bond acceptors (Lipinski definition) is 4. The van der Waals surface area contributed by atoms with E-state index >= 15 is 0 Å². The molecule has 10 heteroatoms. The summed E-state index contributed by atoms with van der Waals surface area (Å²) < 4.78 is 51.2. The van der Waals surface area contributed by atoms with Crippen LogP contribution in [0.15, 0.2) is 12.1 Å². The van der Waals surface area contributed by atoms with Crippen LogP contribution in [0.3, 0.4) is 0 Å². The largest absolute Gasteiger partial charge is 0.480 e. The van der Waals surface area contributed by atoms with Gasteiger partial charge in [0.15, 0.2) is 5.25 Å². The molecule has 1 atom stereocenters. The molecule has 0 fully saturated rings. The topological polar surface area (TPSA) is 121 Å². The summed E-state index contributed by atoms with van der Waals surface area (Å²) >= 11 is 0. The number of anilines is 1. The van der Waals surface area contributed by atoms with Gasteiger partial charge in [0.1, 0.15) is 11.6 Å². The average molecular weight is 309 g/mol. The number of rotatable bonds is 5. The van der Waals surface area contributed by atoms with Crippen LogP contribution in [0, 0.1) is 11.6 Å². The molecule has 1 aromatic carbocycles. The Balaban J connectivity index is 3.26. The Hall–Kier alpha value is -2.23. The summed E-state index contributed by atoms with van der Waals surface area (Å²) in [6, 6.07) is 0.617. The highest BCUT2D eigenvalue weighted by atomic mass is 32.2. The highest BCUT2D eigenvalue weighted by Gasteiger charge is 2.29. The van der Waals surface area contributed by atoms with Gasteiger partial charge in [-0.1, -0.05) is 0 Å². The second kappa shape index (κ2) is 5.41. The maximum absolute atomic E-state index is 13.4. The van der Waals surface area contributed by atoms with Crippen molar-refractivity contribution in [1.29, 1.82) is 0 Å². The fraction of sp³-hybridized carbons (Fsp3) is 0.200. The summed E-state index contributed by atoms with van der Waals surface area (Å²) in [6.45, 7) is 0.838. The van der Waals surface area contributed by atoms with Crippen molar-refractivity contribution in [2.45, 2.75) is 12.2 Å². The molecule has 0 aliphatic heterocycles. The van der Waals surface area contributed by atoms with Gasteiger partial charge in [-0.25, -0.2) is 22.0 Å². The Labute approximate surface area is 111 Å². The third kappa shape index (κ3) is 3.20. The lowest BCUT2D eigenvalue weighted by molar-refractivity contribution is -0.136. The zero-order chi connectivity index (χ0) is 15.7. The number of benzene rings is 1. The number of carboxylic acids is 2. The summed E-state index contributed by atoms with van der Waals surface area (Å²) in [7, 11) is -4.50. The van der Waals surface area contributed by atoms with Gasteiger partial charge in [-0.05, 0) is 13.0 Å². The quantitative estimate of drug-likeness (QED) is 0.742. The monoisotopic (exact) mass is 309 g/mol. The molecule has 0 bridgehead atoms. The van der Waals surface area contributed by atoms with Crippen LogP contribution in [0.5, 0.6) is 0 Å². The molecular formula is C10H9F2NO6S. The van der Waals surface area contributed by atoms with Crippen LogP contribution in [0.2, 0.25) is 0 Å². The number of carboxylic acid groups (broad SMARTS) is 2. The maximum Gasteiger partial charge on any atom is 0.338 e. The highest BCUT2D eigenvalue weighted by molar-refractivity contribution is 7.94. The maximum atomic E-state index is 13.4. The van der Waals surface area contributed by atoms with Crippen LogP contribution in [0.1, 0.15) is 17.3 Å². The van der Waals surface area contributed by atoms with Crippen LogP contribution in [0.25, 0.3) is 0 Å². The van der Waals surface area contributed by atoms with Crippen molar-refractivity contribution in [3.8, 4) is 0 Å². The Morgan fingerprint density at radius 1 is 1.20 bits per heavy atom. The molecule has 0 aliphatic carbocycles. The van der Waals surface area contributed by atoms with Crippen LogP contribution in [0.4, 0.5) is 14.5 Å². The molecule has 20 heavy (non-hydrogen) atoms. The van der Waals surface area contributed by atoms with Gasteiger partial charge in [0.2, 0.25) is 10.0 Å². The van der Waals surface area contributed by atoms with Crippen molar-refractivity contribution in [3.63, 3.8) is 0 Å². The van der Waals surface area contributed by atoms with Gasteiger partial charge in [-0.15, -0.1) is 0 Å². The van der Waals surface area contributed by atoms with E-state index in [-0.39, 0.29) is 6.07 Å². The van der Waals surface area contributed by atoms with Gasteiger partial charge in [-0.3, -0.25) is 9.52 Å². The smallest absolute Gasteiger partial charge is 0.338 e. The molecule has 0 radical (unpaired) electrons. The van der Waals surface area contributed by atoms with Crippen molar-refractivity contribution in [1.82, 2.24) is 0 Å². The molecule has 0 amide bonds. The van der Waals surface area contributed by atoms with Crippen molar-refractivity contribution in [3.05, 3.63) is 29.3 Å². The summed E-state index contributed by atoms with van der Waals surface area (Å²) in [5.41, 5.74) is -1.80. The predicted octanol–water partition coefficient (Wildman–Crippen LogP) is 0.878. The van der Waals surface area contributed by atoms with Crippen LogP contribution >= 0.6 is 0 Å². The Kier molecular flexibility index (Phi) is 4.28. The fourth-order valence-electron chi connectivity index (χ4n) is 1.17. The summed E-state index contributed by atoms with van der Waals surface area (Å²) in [5.74, 6) is -6.16. The van der Waals surface area contributed by atoms with Crippen LogP contribution in [-0.2, 0) is 14.8 Å². The zero-order valence-corrected chi connectivity index (χ0v) is 10.7. The van der Waals surface area contributed by atoms with E-state index in [1.165, 1.54) is 0 Å². The van der Waals surface area contributed by atoms with Crippen LogP contribution in [-0.4, -0.2) is 35.8 Å². The molecule has 110 valence electrons. The lowest BCUT2D eigenvalue weighted by Crippen LogP contribution is -2.32. The molecule has 0 spiro atoms. The second-order valence-corrected chi connectivity index (χ2v) is 5.75. The minimum atomic E-state index is -4.50. The average Bonchev–Trinajstić information content (AvgIpc) is 2.30. The molecule has 0 saturated heterocycles. The Morgan fingerprint density at radius 2 is 1.75 bits per heavy atom. The van der Waals surface area contributed by atoms with Gasteiger partial charge in [0.05, 0.1) is 11.3 Å². The van der Waals surface area contributed by atoms with Crippen molar-refractivity contribution < 1.29 is 37.0 Å².